The van der Waals surface area contributed by atoms with Crippen LogP contribution in [0.3, 0.4) is 0 Å². The average molecular weight is 488 g/mol. The second-order valence-corrected chi connectivity index (χ2v) is 8.75. The molecule has 0 amide bonds. The van der Waals surface area contributed by atoms with Crippen molar-refractivity contribution >= 4 is 11.0 Å². The first-order chi connectivity index (χ1) is 17.4. The largest absolute Gasteiger partial charge is 0.489 e. The number of aliphatic hydroxyl groups excluding tert-OH is 1. The number of rotatable bonds is 10. The number of ether oxygens (including phenoxy) is 2. The van der Waals surface area contributed by atoms with Gasteiger partial charge in [-0.05, 0) is 49.2 Å². The van der Waals surface area contributed by atoms with Gasteiger partial charge in [0.15, 0.2) is 0 Å². The predicted octanol–water partition coefficient (Wildman–Crippen LogP) is 2.90. The van der Waals surface area contributed by atoms with E-state index in [-0.39, 0.29) is 18.3 Å². The Kier molecular flexibility index (Phi) is 7.68. The Morgan fingerprint density at radius 3 is 2.58 bits per heavy atom. The Bertz CT molecular complexity index is 1420. The molecule has 2 aromatic carbocycles. The van der Waals surface area contributed by atoms with Crippen LogP contribution in [0.1, 0.15) is 18.1 Å². The van der Waals surface area contributed by atoms with Gasteiger partial charge < -0.3 is 19.9 Å². The Balaban J connectivity index is 1.24. The average Bonchev–Trinajstić information content (AvgIpc) is 3.12. The molecular weight excluding hydrogens is 458 g/mol. The molecule has 2 aromatic heterocycles. The molecule has 0 radical (unpaired) electrons. The summed E-state index contributed by atoms with van der Waals surface area (Å²) in [5.74, 6) is 1.66. The van der Waals surface area contributed by atoms with E-state index >= 15 is 0 Å². The lowest BCUT2D eigenvalue weighted by molar-refractivity contribution is 0.105. The van der Waals surface area contributed by atoms with Gasteiger partial charge in [-0.2, -0.15) is 5.26 Å². The van der Waals surface area contributed by atoms with Crippen LogP contribution in [0.25, 0.3) is 11.0 Å². The number of aromatic nitrogens is 3. The minimum atomic E-state index is -0.709. The number of para-hydroxylation sites is 1. The maximum atomic E-state index is 12.2. The zero-order chi connectivity index (χ0) is 25.7. The van der Waals surface area contributed by atoms with Crippen LogP contribution in [0.2, 0.25) is 0 Å². The number of hydrogen-bond acceptors (Lipinski definition) is 7. The van der Waals surface area contributed by atoms with Crippen LogP contribution >= 0.6 is 0 Å². The van der Waals surface area contributed by atoms with Gasteiger partial charge in [-0.25, -0.2) is 9.78 Å². The third kappa shape index (κ3) is 5.74. The smallest absolute Gasteiger partial charge is 0.328 e. The molecule has 0 spiro atoms. The molecule has 2 heterocycles. The van der Waals surface area contributed by atoms with Gasteiger partial charge in [-0.1, -0.05) is 18.2 Å². The van der Waals surface area contributed by atoms with E-state index in [0.717, 1.165) is 17.5 Å². The molecule has 0 aliphatic heterocycles. The van der Waals surface area contributed by atoms with Gasteiger partial charge in [0.2, 0.25) is 5.88 Å². The number of aryl methyl sites for hydroxylation is 2. The fourth-order valence-corrected chi connectivity index (χ4v) is 3.99. The normalized spacial score (nSPS) is 12.8. The summed E-state index contributed by atoms with van der Waals surface area (Å²) in [7, 11) is 3.43. The molecular formula is C27H29N5O4. The van der Waals surface area contributed by atoms with Crippen molar-refractivity contribution in [1.29, 1.82) is 5.26 Å². The first-order valence-corrected chi connectivity index (χ1v) is 11.7. The van der Waals surface area contributed by atoms with E-state index in [1.807, 2.05) is 42.5 Å². The Morgan fingerprint density at radius 1 is 1.11 bits per heavy atom. The highest BCUT2D eigenvalue weighted by atomic mass is 16.5. The van der Waals surface area contributed by atoms with Crippen LogP contribution in [0, 0.1) is 11.3 Å². The highest BCUT2D eigenvalue weighted by Gasteiger charge is 2.14. The molecule has 0 saturated heterocycles. The lowest BCUT2D eigenvalue weighted by Gasteiger charge is -2.18. The third-order valence-corrected chi connectivity index (χ3v) is 5.93. The number of benzene rings is 2. The maximum Gasteiger partial charge on any atom is 0.328 e. The van der Waals surface area contributed by atoms with Crippen molar-refractivity contribution in [2.75, 3.05) is 13.2 Å². The van der Waals surface area contributed by atoms with Crippen molar-refractivity contribution in [3.8, 4) is 23.4 Å². The van der Waals surface area contributed by atoms with E-state index in [9.17, 15) is 9.90 Å². The molecule has 0 aliphatic carbocycles. The summed E-state index contributed by atoms with van der Waals surface area (Å²) in [5.41, 5.74) is 2.98. The minimum absolute atomic E-state index is 0.108. The molecule has 36 heavy (non-hydrogen) atoms. The number of fused-ring (bicyclic) bond motifs is 1. The summed E-state index contributed by atoms with van der Waals surface area (Å²) in [6, 6.07) is 18.7. The number of nitrogens with one attached hydrogen (secondary N) is 1. The molecule has 4 aromatic rings. The van der Waals surface area contributed by atoms with E-state index in [1.165, 1.54) is 6.20 Å². The molecule has 2 atom stereocenters. The third-order valence-electron chi connectivity index (χ3n) is 5.93. The Hall–Kier alpha value is -4.13. The van der Waals surface area contributed by atoms with E-state index in [0.29, 0.717) is 35.0 Å². The molecule has 9 nitrogen and oxygen atoms in total. The van der Waals surface area contributed by atoms with Crippen molar-refractivity contribution in [2.45, 2.75) is 25.5 Å². The summed E-state index contributed by atoms with van der Waals surface area (Å²) in [6.45, 7) is 2.53. The van der Waals surface area contributed by atoms with E-state index in [4.69, 9.17) is 14.7 Å². The summed E-state index contributed by atoms with van der Waals surface area (Å²) in [5, 5.41) is 22.6. The van der Waals surface area contributed by atoms with Gasteiger partial charge in [-0.15, -0.1) is 0 Å². The second-order valence-electron chi connectivity index (χ2n) is 8.75. The van der Waals surface area contributed by atoms with Crippen molar-refractivity contribution in [2.24, 2.45) is 14.1 Å². The van der Waals surface area contributed by atoms with Crippen LogP contribution in [-0.4, -0.2) is 44.5 Å². The maximum absolute atomic E-state index is 12.2. The fourth-order valence-electron chi connectivity index (χ4n) is 3.99. The topological polar surface area (TPSA) is 114 Å². The quantitative estimate of drug-likeness (QED) is 0.354. The van der Waals surface area contributed by atoms with Crippen LogP contribution < -0.4 is 20.5 Å². The van der Waals surface area contributed by atoms with Gasteiger partial charge >= 0.3 is 5.69 Å². The lowest BCUT2D eigenvalue weighted by Crippen LogP contribution is -2.37. The number of aliphatic hydroxyl groups is 1. The summed E-state index contributed by atoms with van der Waals surface area (Å²) >= 11 is 0. The Labute approximate surface area is 209 Å². The van der Waals surface area contributed by atoms with E-state index in [1.54, 1.807) is 41.4 Å². The molecule has 0 aliphatic rings. The first kappa shape index (κ1) is 25.0. The number of nitriles is 1. The lowest BCUT2D eigenvalue weighted by atomic mass is 10.1. The molecule has 2 N–H and O–H groups in total. The van der Waals surface area contributed by atoms with Gasteiger partial charge in [0.05, 0.1) is 11.1 Å². The first-order valence-electron chi connectivity index (χ1n) is 11.7. The number of hydrogen-bond donors (Lipinski definition) is 2. The van der Waals surface area contributed by atoms with Crippen LogP contribution in [0.5, 0.6) is 17.4 Å². The van der Waals surface area contributed by atoms with Crippen molar-refractivity contribution in [1.82, 2.24) is 19.4 Å². The summed E-state index contributed by atoms with van der Waals surface area (Å²) in [4.78, 5) is 16.3. The number of pyridine rings is 1. The molecule has 0 saturated carbocycles. The van der Waals surface area contributed by atoms with Gasteiger partial charge in [0.1, 0.15) is 35.8 Å². The zero-order valence-corrected chi connectivity index (χ0v) is 20.5. The second kappa shape index (κ2) is 11.1. The van der Waals surface area contributed by atoms with Gasteiger partial charge in [0, 0.05) is 38.9 Å². The van der Waals surface area contributed by atoms with Crippen molar-refractivity contribution < 1.29 is 14.6 Å². The van der Waals surface area contributed by atoms with Gasteiger partial charge in [0.25, 0.3) is 0 Å². The minimum Gasteiger partial charge on any atom is -0.489 e. The van der Waals surface area contributed by atoms with Crippen molar-refractivity contribution in [3.05, 3.63) is 82.4 Å². The predicted molar refractivity (Wildman–Crippen MR) is 136 cm³/mol. The van der Waals surface area contributed by atoms with Gasteiger partial charge in [-0.3, -0.25) is 9.13 Å². The highest BCUT2D eigenvalue weighted by Crippen LogP contribution is 2.24. The summed E-state index contributed by atoms with van der Waals surface area (Å²) in [6.07, 6.45) is 1.54. The molecule has 9 heteroatoms. The molecule has 4 rings (SSSR count). The molecule has 0 fully saturated rings. The fraction of sp³-hybridized carbons (Fsp3) is 0.296. The summed E-state index contributed by atoms with van der Waals surface area (Å²) < 4.78 is 14.7. The molecule has 0 bridgehead atoms. The molecule has 1 unspecified atom stereocenters. The van der Waals surface area contributed by atoms with Crippen molar-refractivity contribution in [3.63, 3.8) is 0 Å². The van der Waals surface area contributed by atoms with E-state index < -0.39 is 6.10 Å². The standard InChI is InChI=1S/C27H29N5O4/c1-18(13-19-7-10-22(11-8-19)36-25-12-9-20(14-28)15-30-25)29-16-21(33)17-35-24-6-4-5-23-26(24)32(3)27(34)31(23)2/h4-12,15,18,21,29,33H,13,16-17H2,1-3H3/t18?,21-/m0/s1. The molecule has 186 valence electrons. The highest BCUT2D eigenvalue weighted by molar-refractivity contribution is 5.82. The SMILES string of the molecule is CC(Cc1ccc(Oc2ccc(C#N)cn2)cc1)NC[C@H](O)COc1cccc2c1n(C)c(=O)n2C. The van der Waals surface area contributed by atoms with Crippen LogP contribution in [0.15, 0.2) is 65.6 Å². The van der Waals surface area contributed by atoms with Crippen LogP contribution in [-0.2, 0) is 20.5 Å². The van der Waals surface area contributed by atoms with E-state index in [2.05, 4.69) is 17.2 Å². The zero-order valence-electron chi connectivity index (χ0n) is 20.5. The van der Waals surface area contributed by atoms with Crippen LogP contribution in [0.4, 0.5) is 0 Å². The Morgan fingerprint density at radius 2 is 1.89 bits per heavy atom. The monoisotopic (exact) mass is 487 g/mol. The number of nitrogens with zero attached hydrogens (tertiary/aromatic N) is 4. The number of imidazole rings is 1.